The van der Waals surface area contributed by atoms with Gasteiger partial charge in [0.1, 0.15) is 0 Å². The van der Waals surface area contributed by atoms with Crippen molar-refractivity contribution in [3.8, 4) is 22.4 Å². The molecular weight excluding hydrogens is 418 g/mol. The Hall–Kier alpha value is -2.46. The van der Waals surface area contributed by atoms with Gasteiger partial charge in [-0.15, -0.1) is 0 Å². The summed E-state index contributed by atoms with van der Waals surface area (Å²) in [5.41, 5.74) is 5.69. The van der Waals surface area contributed by atoms with Crippen molar-refractivity contribution < 1.29 is 4.39 Å². The standard InChI is InChI=1S/C26H26FGeN/c1-17-12-20(13-19-8-6-7-9-22(17)19)26-15-24(18(2)16-29-26)23-11-10-21(14-25(23)27)28(3,4)5/h6-16H,1-5H3. The van der Waals surface area contributed by atoms with Gasteiger partial charge in [0.2, 0.25) is 0 Å². The summed E-state index contributed by atoms with van der Waals surface area (Å²) in [6, 6.07) is 20.5. The molecule has 0 aliphatic rings. The van der Waals surface area contributed by atoms with Gasteiger partial charge in [-0.2, -0.15) is 0 Å². The van der Waals surface area contributed by atoms with Crippen LogP contribution in [0.1, 0.15) is 11.1 Å². The molecule has 0 radical (unpaired) electrons. The molecular formula is C26H26FGeN. The third-order valence-electron chi connectivity index (χ3n) is 5.59. The fourth-order valence-corrected chi connectivity index (χ4v) is 6.22. The molecule has 146 valence electrons. The van der Waals surface area contributed by atoms with E-state index in [2.05, 4.69) is 71.6 Å². The predicted octanol–water partition coefficient (Wildman–Crippen LogP) is 6.87. The Labute approximate surface area is 175 Å². The average Bonchev–Trinajstić information content (AvgIpc) is 2.68. The summed E-state index contributed by atoms with van der Waals surface area (Å²) < 4.78 is 16.2. The molecule has 0 aliphatic heterocycles. The van der Waals surface area contributed by atoms with E-state index in [9.17, 15) is 0 Å². The number of pyridine rings is 1. The SMILES string of the molecule is Cc1cnc(-c2cc(C)c3ccccc3c2)cc1-c1cc[c]([Ge]([CH3])([CH3])[CH3])cc1F. The number of benzene rings is 3. The molecule has 4 aromatic rings. The molecule has 4 rings (SSSR count). The first-order chi connectivity index (χ1) is 13.7. The molecule has 1 aromatic heterocycles. The Morgan fingerprint density at radius 1 is 0.793 bits per heavy atom. The first-order valence-electron chi connectivity index (χ1n) is 10.0. The molecule has 0 amide bonds. The zero-order valence-electron chi connectivity index (χ0n) is 17.7. The van der Waals surface area contributed by atoms with Gasteiger partial charge in [0.05, 0.1) is 0 Å². The van der Waals surface area contributed by atoms with Crippen LogP contribution < -0.4 is 4.40 Å². The first-order valence-corrected chi connectivity index (χ1v) is 17.4. The molecule has 0 saturated carbocycles. The van der Waals surface area contributed by atoms with Crippen molar-refractivity contribution in [2.45, 2.75) is 31.1 Å². The van der Waals surface area contributed by atoms with Crippen LogP contribution in [0.5, 0.6) is 0 Å². The normalized spacial score (nSPS) is 11.8. The van der Waals surface area contributed by atoms with Crippen molar-refractivity contribution in [2.24, 2.45) is 0 Å². The third-order valence-corrected chi connectivity index (χ3v) is 9.88. The Morgan fingerprint density at radius 3 is 2.28 bits per heavy atom. The van der Waals surface area contributed by atoms with E-state index in [4.69, 9.17) is 0 Å². The second-order valence-electron chi connectivity index (χ2n) is 8.84. The number of hydrogen-bond donors (Lipinski definition) is 0. The molecule has 0 N–H and O–H groups in total. The minimum atomic E-state index is -2.06. The quantitative estimate of drug-likeness (QED) is 0.315. The van der Waals surface area contributed by atoms with Gasteiger partial charge in [0.15, 0.2) is 0 Å². The van der Waals surface area contributed by atoms with E-state index < -0.39 is 13.3 Å². The van der Waals surface area contributed by atoms with Crippen molar-refractivity contribution in [1.29, 1.82) is 0 Å². The number of aryl methyl sites for hydroxylation is 2. The van der Waals surface area contributed by atoms with Crippen LogP contribution in [0.25, 0.3) is 33.2 Å². The van der Waals surface area contributed by atoms with Gasteiger partial charge >= 0.3 is 169 Å². The van der Waals surface area contributed by atoms with Gasteiger partial charge < -0.3 is 0 Å². The van der Waals surface area contributed by atoms with E-state index >= 15 is 4.39 Å². The zero-order chi connectivity index (χ0) is 20.8. The molecule has 0 spiro atoms. The number of aromatic nitrogens is 1. The maximum atomic E-state index is 15.1. The Morgan fingerprint density at radius 2 is 1.55 bits per heavy atom. The number of rotatable bonds is 3. The molecule has 29 heavy (non-hydrogen) atoms. The van der Waals surface area contributed by atoms with Gasteiger partial charge in [-0.3, -0.25) is 0 Å². The summed E-state index contributed by atoms with van der Waals surface area (Å²) in [6.45, 7) is 4.11. The molecule has 0 aliphatic carbocycles. The van der Waals surface area contributed by atoms with Crippen molar-refractivity contribution in [3.05, 3.63) is 83.8 Å². The van der Waals surface area contributed by atoms with E-state index in [0.717, 1.165) is 22.4 Å². The molecule has 0 unspecified atom stereocenters. The second-order valence-corrected chi connectivity index (χ2v) is 19.5. The van der Waals surface area contributed by atoms with E-state index in [1.54, 1.807) is 6.07 Å². The molecule has 0 fully saturated rings. The van der Waals surface area contributed by atoms with Crippen LogP contribution in [0, 0.1) is 19.7 Å². The van der Waals surface area contributed by atoms with Gasteiger partial charge in [-0.05, 0) is 0 Å². The molecule has 0 bridgehead atoms. The molecule has 1 heterocycles. The topological polar surface area (TPSA) is 12.9 Å². The Bertz CT molecular complexity index is 1220. The van der Waals surface area contributed by atoms with Gasteiger partial charge in [-0.1, -0.05) is 6.07 Å². The molecule has 1 nitrogen and oxygen atoms in total. The van der Waals surface area contributed by atoms with Crippen LogP contribution >= 0.6 is 0 Å². The summed E-state index contributed by atoms with van der Waals surface area (Å²) >= 11 is -2.06. The third kappa shape index (κ3) is 3.86. The van der Waals surface area contributed by atoms with Crippen molar-refractivity contribution >= 4 is 28.4 Å². The van der Waals surface area contributed by atoms with E-state index in [0.29, 0.717) is 5.56 Å². The van der Waals surface area contributed by atoms with Crippen molar-refractivity contribution in [2.75, 3.05) is 0 Å². The first kappa shape index (κ1) is 19.8. The van der Waals surface area contributed by atoms with E-state index in [1.165, 1.54) is 20.7 Å². The number of fused-ring (bicyclic) bond motifs is 1. The van der Waals surface area contributed by atoms with Crippen molar-refractivity contribution in [1.82, 2.24) is 4.98 Å². The summed E-state index contributed by atoms with van der Waals surface area (Å²) in [6.07, 6.45) is 1.85. The molecule has 3 aromatic carbocycles. The summed E-state index contributed by atoms with van der Waals surface area (Å²) in [4.78, 5) is 4.66. The second kappa shape index (κ2) is 7.42. The monoisotopic (exact) mass is 445 g/mol. The molecule has 0 saturated heterocycles. The van der Waals surface area contributed by atoms with E-state index in [-0.39, 0.29) is 5.82 Å². The zero-order valence-corrected chi connectivity index (χ0v) is 19.8. The number of halogens is 1. The minimum absolute atomic E-state index is 0.141. The summed E-state index contributed by atoms with van der Waals surface area (Å²) in [7, 11) is 0. The molecule has 3 heteroatoms. The van der Waals surface area contributed by atoms with Crippen LogP contribution in [0.15, 0.2) is 66.9 Å². The predicted molar refractivity (Wildman–Crippen MR) is 125 cm³/mol. The van der Waals surface area contributed by atoms with Crippen LogP contribution in [-0.4, -0.2) is 18.3 Å². The van der Waals surface area contributed by atoms with Crippen LogP contribution in [-0.2, 0) is 0 Å². The van der Waals surface area contributed by atoms with Gasteiger partial charge in [0.25, 0.3) is 0 Å². The summed E-state index contributed by atoms with van der Waals surface area (Å²) in [5.74, 6) is 6.71. The maximum absolute atomic E-state index is 15.1. The van der Waals surface area contributed by atoms with Crippen molar-refractivity contribution in [3.63, 3.8) is 0 Å². The van der Waals surface area contributed by atoms with Gasteiger partial charge in [-0.25, -0.2) is 0 Å². The van der Waals surface area contributed by atoms with Gasteiger partial charge in [0, 0.05) is 0 Å². The van der Waals surface area contributed by atoms with E-state index in [1.807, 2.05) is 25.3 Å². The fourth-order valence-electron chi connectivity index (χ4n) is 3.82. The van der Waals surface area contributed by atoms with Crippen LogP contribution in [0.3, 0.4) is 0 Å². The summed E-state index contributed by atoms with van der Waals surface area (Å²) in [5, 5.41) is 2.44. The Balaban J connectivity index is 1.84. The fraction of sp³-hybridized carbons (Fsp3) is 0.192. The molecule has 0 atom stereocenters. The average molecular weight is 444 g/mol. The number of hydrogen-bond acceptors (Lipinski definition) is 1. The number of nitrogens with zero attached hydrogens (tertiary/aromatic N) is 1. The van der Waals surface area contributed by atoms with Crippen LogP contribution in [0.4, 0.5) is 4.39 Å². The Kier molecular flexibility index (Phi) is 5.08. The van der Waals surface area contributed by atoms with Crippen LogP contribution in [0.2, 0.25) is 17.3 Å².